The van der Waals surface area contributed by atoms with E-state index in [1.54, 1.807) is 18.2 Å². The Labute approximate surface area is 148 Å². The molecule has 0 unspecified atom stereocenters. The van der Waals surface area contributed by atoms with Gasteiger partial charge < -0.3 is 19.5 Å². The second-order valence-corrected chi connectivity index (χ2v) is 5.29. The normalized spacial score (nSPS) is 10.2. The Morgan fingerprint density at radius 1 is 0.840 bits per heavy atom. The van der Waals surface area contributed by atoms with Crippen LogP contribution in [0.1, 0.15) is 36.7 Å². The minimum atomic E-state index is -0.155. The lowest BCUT2D eigenvalue weighted by Crippen LogP contribution is -2.22. The van der Waals surface area contributed by atoms with Crippen molar-refractivity contribution < 1.29 is 19.0 Å². The summed E-state index contributed by atoms with van der Waals surface area (Å²) in [4.78, 5) is 12.4. The van der Waals surface area contributed by atoms with Gasteiger partial charge in [0, 0.05) is 12.1 Å². The number of amides is 1. The quantitative estimate of drug-likeness (QED) is 0.752. The maximum Gasteiger partial charge on any atom is 0.251 e. The summed E-state index contributed by atoms with van der Waals surface area (Å²) in [6.07, 6.45) is 0. The molecule has 0 saturated carbocycles. The predicted octanol–water partition coefficient (Wildman–Crippen LogP) is 3.81. The van der Waals surface area contributed by atoms with E-state index in [0.29, 0.717) is 43.4 Å². The Kier molecular flexibility index (Phi) is 7.14. The van der Waals surface area contributed by atoms with Crippen LogP contribution in [-0.4, -0.2) is 25.7 Å². The number of ether oxygens (including phenoxy) is 3. The zero-order chi connectivity index (χ0) is 18.1. The summed E-state index contributed by atoms with van der Waals surface area (Å²) in [6.45, 7) is 7.89. The van der Waals surface area contributed by atoms with Crippen molar-refractivity contribution in [3.63, 3.8) is 0 Å². The lowest BCUT2D eigenvalue weighted by molar-refractivity contribution is 0.0950. The molecule has 0 heterocycles. The molecule has 0 aliphatic carbocycles. The molecule has 0 radical (unpaired) electrons. The molecule has 2 aromatic carbocycles. The SMILES string of the molecule is CCOc1ccc(CNC(=O)c2ccc(OCC)c(OCC)c2)cc1. The van der Waals surface area contributed by atoms with E-state index in [2.05, 4.69) is 5.32 Å². The van der Waals surface area contributed by atoms with Crippen LogP contribution in [0, 0.1) is 0 Å². The second-order valence-electron chi connectivity index (χ2n) is 5.29. The van der Waals surface area contributed by atoms with E-state index in [1.165, 1.54) is 0 Å². The highest BCUT2D eigenvalue weighted by atomic mass is 16.5. The molecule has 1 amide bonds. The van der Waals surface area contributed by atoms with Crippen LogP contribution >= 0.6 is 0 Å². The fourth-order valence-electron chi connectivity index (χ4n) is 2.35. The number of nitrogens with one attached hydrogen (secondary N) is 1. The minimum absolute atomic E-state index is 0.155. The van der Waals surface area contributed by atoms with Gasteiger partial charge in [0.15, 0.2) is 11.5 Å². The number of carbonyl (C=O) groups is 1. The van der Waals surface area contributed by atoms with Gasteiger partial charge in [-0.2, -0.15) is 0 Å². The molecule has 0 saturated heterocycles. The first-order valence-corrected chi connectivity index (χ1v) is 8.57. The molecule has 5 nitrogen and oxygen atoms in total. The summed E-state index contributed by atoms with van der Waals surface area (Å²) < 4.78 is 16.5. The van der Waals surface area contributed by atoms with Crippen molar-refractivity contribution in [1.29, 1.82) is 0 Å². The Bertz CT molecular complexity index is 683. The first-order valence-electron chi connectivity index (χ1n) is 8.57. The van der Waals surface area contributed by atoms with E-state index in [-0.39, 0.29) is 5.91 Å². The Hall–Kier alpha value is -2.69. The summed E-state index contributed by atoms with van der Waals surface area (Å²) in [5.41, 5.74) is 1.55. The van der Waals surface area contributed by atoms with E-state index >= 15 is 0 Å². The van der Waals surface area contributed by atoms with E-state index < -0.39 is 0 Å². The maximum atomic E-state index is 12.4. The van der Waals surface area contributed by atoms with Crippen molar-refractivity contribution in [2.24, 2.45) is 0 Å². The molecular formula is C20H25NO4. The van der Waals surface area contributed by atoms with Gasteiger partial charge in [0.1, 0.15) is 5.75 Å². The van der Waals surface area contributed by atoms with Crippen LogP contribution < -0.4 is 19.5 Å². The van der Waals surface area contributed by atoms with E-state index in [0.717, 1.165) is 11.3 Å². The highest BCUT2D eigenvalue weighted by Crippen LogP contribution is 2.28. The van der Waals surface area contributed by atoms with Crippen molar-refractivity contribution >= 4 is 5.91 Å². The Morgan fingerprint density at radius 2 is 1.48 bits per heavy atom. The van der Waals surface area contributed by atoms with Gasteiger partial charge in [-0.25, -0.2) is 0 Å². The lowest BCUT2D eigenvalue weighted by Gasteiger charge is -2.12. The summed E-state index contributed by atoms with van der Waals surface area (Å²) in [6, 6.07) is 12.9. The van der Waals surface area contributed by atoms with Crippen molar-refractivity contribution in [2.45, 2.75) is 27.3 Å². The van der Waals surface area contributed by atoms with E-state index in [4.69, 9.17) is 14.2 Å². The smallest absolute Gasteiger partial charge is 0.251 e. The second kappa shape index (κ2) is 9.57. The summed E-state index contributed by atoms with van der Waals surface area (Å²) >= 11 is 0. The molecule has 2 aromatic rings. The van der Waals surface area contributed by atoms with Crippen molar-refractivity contribution in [1.82, 2.24) is 5.32 Å². The number of hydrogen-bond acceptors (Lipinski definition) is 4. The standard InChI is InChI=1S/C20H25NO4/c1-4-23-17-10-7-15(8-11-17)14-21-20(22)16-9-12-18(24-5-2)19(13-16)25-6-3/h7-13H,4-6,14H2,1-3H3,(H,21,22). The van der Waals surface area contributed by atoms with Gasteiger partial charge in [0.05, 0.1) is 19.8 Å². The van der Waals surface area contributed by atoms with Gasteiger partial charge >= 0.3 is 0 Å². The van der Waals surface area contributed by atoms with Crippen molar-refractivity contribution in [3.8, 4) is 17.2 Å². The van der Waals surface area contributed by atoms with Crippen LogP contribution in [0.3, 0.4) is 0 Å². The molecule has 5 heteroatoms. The van der Waals surface area contributed by atoms with E-state index in [9.17, 15) is 4.79 Å². The molecular weight excluding hydrogens is 318 g/mol. The van der Waals surface area contributed by atoms with Crippen LogP contribution in [0.5, 0.6) is 17.2 Å². The molecule has 0 spiro atoms. The molecule has 0 bridgehead atoms. The van der Waals surface area contributed by atoms with Gasteiger partial charge in [-0.15, -0.1) is 0 Å². The fraction of sp³-hybridized carbons (Fsp3) is 0.350. The minimum Gasteiger partial charge on any atom is -0.494 e. The summed E-state index contributed by atoms with van der Waals surface area (Å²) in [5, 5.41) is 2.91. The summed E-state index contributed by atoms with van der Waals surface area (Å²) in [5.74, 6) is 1.90. The zero-order valence-corrected chi connectivity index (χ0v) is 15.0. The number of rotatable bonds is 9. The zero-order valence-electron chi connectivity index (χ0n) is 15.0. The third kappa shape index (κ3) is 5.41. The maximum absolute atomic E-state index is 12.4. The Balaban J connectivity index is 2.01. The van der Waals surface area contributed by atoms with Gasteiger partial charge in [-0.1, -0.05) is 12.1 Å². The third-order valence-electron chi connectivity index (χ3n) is 3.49. The number of benzene rings is 2. The first kappa shape index (κ1) is 18.6. The monoisotopic (exact) mass is 343 g/mol. The molecule has 0 aliphatic heterocycles. The van der Waals surface area contributed by atoms with Crippen molar-refractivity contribution in [2.75, 3.05) is 19.8 Å². The molecule has 2 rings (SSSR count). The van der Waals surface area contributed by atoms with Gasteiger partial charge in [0.25, 0.3) is 5.91 Å². The molecule has 0 aromatic heterocycles. The topological polar surface area (TPSA) is 56.8 Å². The molecule has 0 aliphatic rings. The average molecular weight is 343 g/mol. The Morgan fingerprint density at radius 3 is 2.12 bits per heavy atom. The highest BCUT2D eigenvalue weighted by molar-refractivity contribution is 5.94. The molecule has 0 atom stereocenters. The average Bonchev–Trinajstić information content (AvgIpc) is 2.63. The largest absolute Gasteiger partial charge is 0.494 e. The van der Waals surface area contributed by atoms with Crippen LogP contribution in [0.15, 0.2) is 42.5 Å². The highest BCUT2D eigenvalue weighted by Gasteiger charge is 2.11. The van der Waals surface area contributed by atoms with Gasteiger partial charge in [0.2, 0.25) is 0 Å². The number of carbonyl (C=O) groups excluding carboxylic acids is 1. The van der Waals surface area contributed by atoms with Crippen molar-refractivity contribution in [3.05, 3.63) is 53.6 Å². The van der Waals surface area contributed by atoms with Crippen LogP contribution in [0.25, 0.3) is 0 Å². The van der Waals surface area contributed by atoms with Crippen LogP contribution in [0.4, 0.5) is 0 Å². The van der Waals surface area contributed by atoms with E-state index in [1.807, 2.05) is 45.0 Å². The third-order valence-corrected chi connectivity index (χ3v) is 3.49. The van der Waals surface area contributed by atoms with Crippen LogP contribution in [-0.2, 0) is 6.54 Å². The number of hydrogen-bond donors (Lipinski definition) is 1. The molecule has 134 valence electrons. The molecule has 25 heavy (non-hydrogen) atoms. The lowest BCUT2D eigenvalue weighted by atomic mass is 10.1. The molecule has 0 fully saturated rings. The molecule has 1 N–H and O–H groups in total. The van der Waals surface area contributed by atoms with Crippen LogP contribution in [0.2, 0.25) is 0 Å². The predicted molar refractivity (Wildman–Crippen MR) is 97.6 cm³/mol. The summed E-state index contributed by atoms with van der Waals surface area (Å²) in [7, 11) is 0. The first-order chi connectivity index (χ1) is 12.2. The fourth-order valence-corrected chi connectivity index (χ4v) is 2.35. The van der Waals surface area contributed by atoms with Gasteiger partial charge in [-0.05, 0) is 56.7 Å². The van der Waals surface area contributed by atoms with Gasteiger partial charge in [-0.3, -0.25) is 4.79 Å².